The number of hydrogen-bond donors (Lipinski definition) is 1. The summed E-state index contributed by atoms with van der Waals surface area (Å²) in [4.78, 5) is 31.8. The van der Waals surface area contributed by atoms with Crippen LogP contribution in [0.5, 0.6) is 0 Å². The van der Waals surface area contributed by atoms with Gasteiger partial charge in [-0.05, 0) is 44.2 Å². The number of furan rings is 1. The van der Waals surface area contributed by atoms with Gasteiger partial charge < -0.3 is 14.5 Å². The normalized spacial score (nSPS) is 16.8. The van der Waals surface area contributed by atoms with E-state index in [1.807, 2.05) is 10.6 Å². The van der Waals surface area contributed by atoms with E-state index >= 15 is 0 Å². The number of amides is 1. The van der Waals surface area contributed by atoms with Crippen molar-refractivity contribution in [3.63, 3.8) is 0 Å². The Morgan fingerprint density at radius 3 is 2.84 bits per heavy atom. The maximum atomic E-state index is 12.8. The lowest BCUT2D eigenvalue weighted by Gasteiger charge is -2.27. The number of nitrogens with one attached hydrogen (secondary N) is 1. The molecule has 31 heavy (non-hydrogen) atoms. The lowest BCUT2D eigenvalue weighted by molar-refractivity contribution is -0.118. The number of thioether (sulfide) groups is 1. The minimum Gasteiger partial charge on any atom is -0.467 e. The molecule has 0 bridgehead atoms. The van der Waals surface area contributed by atoms with Crippen LogP contribution in [0, 0.1) is 0 Å². The molecule has 0 atom stereocenters. The zero-order chi connectivity index (χ0) is 21.5. The molecule has 1 aliphatic heterocycles. The molecule has 3 heterocycles. The van der Waals surface area contributed by atoms with Crippen LogP contribution in [-0.4, -0.2) is 59.0 Å². The average Bonchev–Trinajstić information content (AvgIpc) is 3.32. The van der Waals surface area contributed by atoms with Gasteiger partial charge in [0.25, 0.3) is 0 Å². The third-order valence-corrected chi connectivity index (χ3v) is 6.81. The first-order valence-electron chi connectivity index (χ1n) is 11.1. The number of fused-ring (bicyclic) bond motifs is 1. The van der Waals surface area contributed by atoms with Crippen LogP contribution < -0.4 is 11.0 Å². The molecule has 1 saturated heterocycles. The number of nitrogens with zero attached hydrogens (tertiary/aromatic N) is 3. The molecular weight excluding hydrogens is 416 g/mol. The molecule has 1 N–H and O–H groups in total. The van der Waals surface area contributed by atoms with Gasteiger partial charge in [0.15, 0.2) is 0 Å². The van der Waals surface area contributed by atoms with Crippen molar-refractivity contribution in [2.75, 3.05) is 38.6 Å². The standard InChI is InChI=1S/C22H30N4O4S/c27-20(23-15-17-5-3-12-30-17)16-31-21-18-6-1-2-7-19(18)26(22(28)24-21)9-4-8-25-10-13-29-14-11-25/h3,5,12H,1-2,4,6-11,13-16H2,(H,23,27). The molecular formula is C22H30N4O4S. The van der Waals surface area contributed by atoms with Crippen molar-refractivity contribution in [2.45, 2.75) is 50.2 Å². The minimum atomic E-state index is -0.193. The second kappa shape index (κ2) is 11.0. The van der Waals surface area contributed by atoms with Crippen molar-refractivity contribution in [3.8, 4) is 0 Å². The predicted octanol–water partition coefficient (Wildman–Crippen LogP) is 1.85. The molecule has 168 valence electrons. The molecule has 0 radical (unpaired) electrons. The molecule has 0 aromatic carbocycles. The fourth-order valence-electron chi connectivity index (χ4n) is 4.16. The zero-order valence-electron chi connectivity index (χ0n) is 17.8. The summed E-state index contributed by atoms with van der Waals surface area (Å²) in [7, 11) is 0. The van der Waals surface area contributed by atoms with Crippen molar-refractivity contribution in [1.82, 2.24) is 19.8 Å². The SMILES string of the molecule is O=C(CSc1nc(=O)n(CCCN2CCOCC2)c2c1CCCC2)NCc1ccco1. The van der Waals surface area contributed by atoms with E-state index in [1.54, 1.807) is 12.3 Å². The Labute approximate surface area is 186 Å². The maximum absolute atomic E-state index is 12.8. The fourth-order valence-corrected chi connectivity index (χ4v) is 5.07. The molecule has 0 saturated carbocycles. The quantitative estimate of drug-likeness (QED) is 0.464. The number of rotatable bonds is 9. The average molecular weight is 447 g/mol. The molecule has 1 amide bonds. The largest absolute Gasteiger partial charge is 0.467 e. The van der Waals surface area contributed by atoms with Crippen molar-refractivity contribution in [1.29, 1.82) is 0 Å². The summed E-state index contributed by atoms with van der Waals surface area (Å²) >= 11 is 1.36. The maximum Gasteiger partial charge on any atom is 0.348 e. The first-order chi connectivity index (χ1) is 15.2. The number of hydrogen-bond acceptors (Lipinski definition) is 7. The second-order valence-corrected chi connectivity index (χ2v) is 8.90. The van der Waals surface area contributed by atoms with Gasteiger partial charge in [-0.25, -0.2) is 4.79 Å². The highest BCUT2D eigenvalue weighted by atomic mass is 32.2. The third-order valence-electron chi connectivity index (χ3n) is 5.79. The molecule has 9 heteroatoms. The Kier molecular flexibility index (Phi) is 7.82. The van der Waals surface area contributed by atoms with Gasteiger partial charge in [0.1, 0.15) is 10.8 Å². The molecule has 0 unspecified atom stereocenters. The molecule has 1 fully saturated rings. The lowest BCUT2D eigenvalue weighted by atomic mass is 9.97. The molecule has 0 spiro atoms. The molecule has 2 aliphatic rings. The van der Waals surface area contributed by atoms with E-state index in [9.17, 15) is 9.59 Å². The van der Waals surface area contributed by atoms with Gasteiger partial charge in [-0.1, -0.05) is 11.8 Å². The first-order valence-corrected chi connectivity index (χ1v) is 12.0. The molecule has 2 aromatic rings. The Balaban J connectivity index is 1.37. The predicted molar refractivity (Wildman–Crippen MR) is 118 cm³/mol. The van der Waals surface area contributed by atoms with Crippen LogP contribution in [0.15, 0.2) is 32.6 Å². The smallest absolute Gasteiger partial charge is 0.348 e. The van der Waals surface area contributed by atoms with Gasteiger partial charge in [0, 0.05) is 37.4 Å². The highest BCUT2D eigenvalue weighted by Gasteiger charge is 2.21. The zero-order valence-corrected chi connectivity index (χ0v) is 18.6. The minimum absolute atomic E-state index is 0.0950. The number of ether oxygens (including phenoxy) is 1. The first kappa shape index (κ1) is 22.1. The van der Waals surface area contributed by atoms with Gasteiger partial charge in [0.2, 0.25) is 5.91 Å². The fraction of sp³-hybridized carbons (Fsp3) is 0.591. The summed E-state index contributed by atoms with van der Waals surface area (Å²) in [6.45, 7) is 5.53. The van der Waals surface area contributed by atoms with E-state index in [-0.39, 0.29) is 17.3 Å². The Morgan fingerprint density at radius 1 is 1.19 bits per heavy atom. The van der Waals surface area contributed by atoms with Crippen LogP contribution in [0.4, 0.5) is 0 Å². The van der Waals surface area contributed by atoms with E-state index in [2.05, 4.69) is 15.2 Å². The van der Waals surface area contributed by atoms with Gasteiger partial charge in [-0.15, -0.1) is 0 Å². The van der Waals surface area contributed by atoms with Crippen LogP contribution in [0.25, 0.3) is 0 Å². The van der Waals surface area contributed by atoms with Crippen LogP contribution in [0.3, 0.4) is 0 Å². The van der Waals surface area contributed by atoms with Gasteiger partial charge in [-0.2, -0.15) is 4.98 Å². The summed E-state index contributed by atoms with van der Waals surface area (Å²) < 4.78 is 12.5. The van der Waals surface area contributed by atoms with Crippen LogP contribution in [0.2, 0.25) is 0 Å². The Hall–Kier alpha value is -2.10. The topological polar surface area (TPSA) is 89.6 Å². The van der Waals surface area contributed by atoms with Crippen molar-refractivity contribution in [2.24, 2.45) is 0 Å². The number of carbonyl (C=O) groups excluding carboxylic acids is 1. The summed E-state index contributed by atoms with van der Waals surface area (Å²) in [6.07, 6.45) is 6.52. The van der Waals surface area contributed by atoms with E-state index in [4.69, 9.17) is 9.15 Å². The van der Waals surface area contributed by atoms with Crippen LogP contribution in [0.1, 0.15) is 36.3 Å². The van der Waals surface area contributed by atoms with E-state index < -0.39 is 0 Å². The van der Waals surface area contributed by atoms with Gasteiger partial charge >= 0.3 is 5.69 Å². The Bertz CT molecular complexity index is 922. The lowest BCUT2D eigenvalue weighted by Crippen LogP contribution is -2.38. The van der Waals surface area contributed by atoms with E-state index in [1.165, 1.54) is 11.8 Å². The third kappa shape index (κ3) is 5.99. The number of carbonyl (C=O) groups is 1. The summed E-state index contributed by atoms with van der Waals surface area (Å²) in [5.41, 5.74) is 2.08. The van der Waals surface area contributed by atoms with E-state index in [0.717, 1.165) is 81.2 Å². The molecule has 2 aromatic heterocycles. The van der Waals surface area contributed by atoms with Gasteiger partial charge in [0.05, 0.1) is 31.8 Å². The van der Waals surface area contributed by atoms with Crippen LogP contribution >= 0.6 is 11.8 Å². The summed E-state index contributed by atoms with van der Waals surface area (Å²) in [6, 6.07) is 3.62. The molecule has 8 nitrogen and oxygen atoms in total. The van der Waals surface area contributed by atoms with Gasteiger partial charge in [-0.3, -0.25) is 14.3 Å². The highest BCUT2D eigenvalue weighted by Crippen LogP contribution is 2.28. The summed E-state index contributed by atoms with van der Waals surface area (Å²) in [5.74, 6) is 0.858. The van der Waals surface area contributed by atoms with Crippen LogP contribution in [-0.2, 0) is 35.5 Å². The number of morpholine rings is 1. The number of aromatic nitrogens is 2. The monoisotopic (exact) mass is 446 g/mol. The van der Waals surface area contributed by atoms with Crippen molar-refractivity contribution < 1.29 is 13.9 Å². The van der Waals surface area contributed by atoms with E-state index in [0.29, 0.717) is 18.8 Å². The summed E-state index contributed by atoms with van der Waals surface area (Å²) in [5, 5.41) is 3.56. The Morgan fingerprint density at radius 2 is 2.03 bits per heavy atom. The van der Waals surface area contributed by atoms with Crippen molar-refractivity contribution in [3.05, 3.63) is 45.9 Å². The highest BCUT2D eigenvalue weighted by molar-refractivity contribution is 7.99. The van der Waals surface area contributed by atoms with Crippen molar-refractivity contribution >= 4 is 17.7 Å². The second-order valence-electron chi connectivity index (χ2n) is 7.94. The molecule has 1 aliphatic carbocycles. The molecule has 4 rings (SSSR count).